The maximum Gasteiger partial charge on any atom is 0.240 e. The Hall–Kier alpha value is -3.27. The fourth-order valence-corrected chi connectivity index (χ4v) is 3.26. The first kappa shape index (κ1) is 23.4. The molecule has 3 rings (SSSR count). The van der Waals surface area contributed by atoms with Gasteiger partial charge in [-0.1, -0.05) is 17.3 Å². The average molecular weight is 446 g/mol. The standard InChI is InChI=1S/C22H27FN4O5/c1-15-11-19(26-32-15)27(14-21(29)25-13-18-3-2-10-31-18)22(30)9-8-20(28)24-12-16-4-6-17(23)7-5-16/h4-7,11,18H,2-3,8-10,12-14H2,1H3,(H,24,28)(H,25,29). The highest BCUT2D eigenvalue weighted by Crippen LogP contribution is 2.16. The molecule has 0 bridgehead atoms. The molecular weight excluding hydrogens is 419 g/mol. The third kappa shape index (κ3) is 7.16. The van der Waals surface area contributed by atoms with E-state index in [2.05, 4.69) is 15.8 Å². The van der Waals surface area contributed by atoms with Crippen LogP contribution in [0, 0.1) is 12.7 Å². The minimum absolute atomic E-state index is 0.0119. The topological polar surface area (TPSA) is 114 Å². The molecule has 32 heavy (non-hydrogen) atoms. The monoisotopic (exact) mass is 446 g/mol. The Bertz CT molecular complexity index is 925. The Morgan fingerprint density at radius 1 is 1.16 bits per heavy atom. The summed E-state index contributed by atoms with van der Waals surface area (Å²) in [6.07, 6.45) is 1.66. The van der Waals surface area contributed by atoms with Crippen LogP contribution in [-0.4, -0.2) is 48.7 Å². The second-order valence-corrected chi connectivity index (χ2v) is 7.62. The van der Waals surface area contributed by atoms with E-state index in [1.165, 1.54) is 17.0 Å². The molecule has 9 nitrogen and oxygen atoms in total. The van der Waals surface area contributed by atoms with Crippen LogP contribution in [0.4, 0.5) is 10.2 Å². The lowest BCUT2D eigenvalue weighted by atomic mass is 10.2. The molecule has 0 spiro atoms. The molecule has 1 saturated heterocycles. The van der Waals surface area contributed by atoms with Gasteiger partial charge in [0.05, 0.1) is 6.10 Å². The van der Waals surface area contributed by atoms with Crippen molar-refractivity contribution in [1.29, 1.82) is 0 Å². The molecule has 1 aromatic heterocycles. The van der Waals surface area contributed by atoms with Gasteiger partial charge in [-0.15, -0.1) is 0 Å². The van der Waals surface area contributed by atoms with E-state index in [1.54, 1.807) is 25.1 Å². The molecule has 1 atom stereocenters. The SMILES string of the molecule is Cc1cc(N(CC(=O)NCC2CCCO2)C(=O)CCC(=O)NCc2ccc(F)cc2)no1. The van der Waals surface area contributed by atoms with Crippen molar-refractivity contribution in [3.05, 3.63) is 47.5 Å². The van der Waals surface area contributed by atoms with E-state index in [9.17, 15) is 18.8 Å². The van der Waals surface area contributed by atoms with Crippen LogP contribution in [0.25, 0.3) is 0 Å². The summed E-state index contributed by atoms with van der Waals surface area (Å²) < 4.78 is 23.5. The van der Waals surface area contributed by atoms with Gasteiger partial charge >= 0.3 is 0 Å². The minimum atomic E-state index is -0.428. The number of amides is 3. The molecule has 1 unspecified atom stereocenters. The first-order chi connectivity index (χ1) is 15.4. The van der Waals surface area contributed by atoms with Gasteiger partial charge < -0.3 is 19.9 Å². The number of nitrogens with one attached hydrogen (secondary N) is 2. The van der Waals surface area contributed by atoms with Gasteiger partial charge in [0.1, 0.15) is 18.1 Å². The number of carbonyl (C=O) groups is 3. The van der Waals surface area contributed by atoms with Crippen LogP contribution in [0.1, 0.15) is 37.0 Å². The van der Waals surface area contributed by atoms with E-state index in [4.69, 9.17) is 9.26 Å². The average Bonchev–Trinajstić information content (AvgIpc) is 3.45. The second kappa shape index (κ2) is 11.4. The molecule has 2 heterocycles. The lowest BCUT2D eigenvalue weighted by molar-refractivity contribution is -0.126. The molecule has 0 radical (unpaired) electrons. The summed E-state index contributed by atoms with van der Waals surface area (Å²) in [5, 5.41) is 9.29. The molecule has 1 aliphatic rings. The number of rotatable bonds is 10. The first-order valence-corrected chi connectivity index (χ1v) is 10.5. The van der Waals surface area contributed by atoms with Gasteiger partial charge in [-0.05, 0) is 37.5 Å². The second-order valence-electron chi connectivity index (χ2n) is 7.62. The zero-order valence-corrected chi connectivity index (χ0v) is 17.9. The number of hydrogen-bond acceptors (Lipinski definition) is 6. The Balaban J connectivity index is 1.50. The van der Waals surface area contributed by atoms with Crippen molar-refractivity contribution in [1.82, 2.24) is 15.8 Å². The zero-order valence-electron chi connectivity index (χ0n) is 17.9. The van der Waals surface area contributed by atoms with Crippen molar-refractivity contribution in [2.45, 2.75) is 45.3 Å². The number of benzene rings is 1. The zero-order chi connectivity index (χ0) is 22.9. The summed E-state index contributed by atoms with van der Waals surface area (Å²) >= 11 is 0. The quantitative estimate of drug-likeness (QED) is 0.576. The summed E-state index contributed by atoms with van der Waals surface area (Å²) in [7, 11) is 0. The highest BCUT2D eigenvalue weighted by atomic mass is 19.1. The summed E-state index contributed by atoms with van der Waals surface area (Å²) in [5.41, 5.74) is 0.744. The van der Waals surface area contributed by atoms with Crippen LogP contribution < -0.4 is 15.5 Å². The van der Waals surface area contributed by atoms with E-state index in [0.29, 0.717) is 18.9 Å². The summed E-state index contributed by atoms with van der Waals surface area (Å²) in [4.78, 5) is 38.5. The van der Waals surface area contributed by atoms with Gasteiger partial charge in [-0.25, -0.2) is 4.39 Å². The maximum absolute atomic E-state index is 13.0. The molecule has 1 aromatic carbocycles. The van der Waals surface area contributed by atoms with E-state index in [1.807, 2.05) is 0 Å². The van der Waals surface area contributed by atoms with E-state index in [-0.39, 0.29) is 55.5 Å². The van der Waals surface area contributed by atoms with E-state index in [0.717, 1.165) is 18.4 Å². The summed E-state index contributed by atoms with van der Waals surface area (Å²) in [5.74, 6) is -0.755. The molecule has 0 aliphatic carbocycles. The Labute approximate surface area is 185 Å². The Kier molecular flexibility index (Phi) is 8.32. The van der Waals surface area contributed by atoms with Crippen LogP contribution >= 0.6 is 0 Å². The third-order valence-corrected chi connectivity index (χ3v) is 5.01. The molecule has 0 saturated carbocycles. The number of anilines is 1. The number of aryl methyl sites for hydroxylation is 1. The van der Waals surface area contributed by atoms with Gasteiger partial charge in [0.2, 0.25) is 17.7 Å². The lowest BCUT2D eigenvalue weighted by Gasteiger charge is -2.20. The minimum Gasteiger partial charge on any atom is -0.376 e. The lowest BCUT2D eigenvalue weighted by Crippen LogP contribution is -2.43. The highest BCUT2D eigenvalue weighted by molar-refractivity contribution is 5.99. The highest BCUT2D eigenvalue weighted by Gasteiger charge is 2.24. The summed E-state index contributed by atoms with van der Waals surface area (Å²) in [6.45, 7) is 2.73. The molecule has 172 valence electrons. The van der Waals surface area contributed by atoms with Gasteiger partial charge in [0, 0.05) is 38.6 Å². The van der Waals surface area contributed by atoms with Crippen molar-refractivity contribution in [3.8, 4) is 0 Å². The van der Waals surface area contributed by atoms with Gasteiger partial charge in [0.25, 0.3) is 0 Å². The molecule has 1 fully saturated rings. The molecule has 2 aromatic rings. The van der Waals surface area contributed by atoms with Crippen molar-refractivity contribution in [2.24, 2.45) is 0 Å². The molecular formula is C22H27FN4O5. The van der Waals surface area contributed by atoms with E-state index < -0.39 is 5.91 Å². The van der Waals surface area contributed by atoms with Gasteiger partial charge in [-0.3, -0.25) is 19.3 Å². The predicted molar refractivity (Wildman–Crippen MR) is 113 cm³/mol. The Morgan fingerprint density at radius 2 is 1.94 bits per heavy atom. The fraction of sp³-hybridized carbons (Fsp3) is 0.455. The maximum atomic E-state index is 13.0. The number of carbonyl (C=O) groups excluding carboxylic acids is 3. The number of nitrogens with zero attached hydrogens (tertiary/aromatic N) is 2. The third-order valence-electron chi connectivity index (χ3n) is 5.01. The van der Waals surface area contributed by atoms with Gasteiger partial charge in [0.15, 0.2) is 5.82 Å². The molecule has 1 aliphatic heterocycles. The van der Waals surface area contributed by atoms with Crippen LogP contribution in [0.2, 0.25) is 0 Å². The molecule has 2 N–H and O–H groups in total. The van der Waals surface area contributed by atoms with Crippen LogP contribution in [-0.2, 0) is 25.7 Å². The van der Waals surface area contributed by atoms with Crippen molar-refractivity contribution in [3.63, 3.8) is 0 Å². The van der Waals surface area contributed by atoms with Crippen molar-refractivity contribution >= 4 is 23.5 Å². The number of halogens is 1. The van der Waals surface area contributed by atoms with Crippen LogP contribution in [0.5, 0.6) is 0 Å². The fourth-order valence-electron chi connectivity index (χ4n) is 3.26. The molecule has 3 amide bonds. The first-order valence-electron chi connectivity index (χ1n) is 10.5. The number of aromatic nitrogens is 1. The normalized spacial score (nSPS) is 15.4. The van der Waals surface area contributed by atoms with Crippen molar-refractivity contribution < 1.29 is 28.0 Å². The van der Waals surface area contributed by atoms with Crippen LogP contribution in [0.15, 0.2) is 34.9 Å². The van der Waals surface area contributed by atoms with Gasteiger partial charge in [-0.2, -0.15) is 0 Å². The van der Waals surface area contributed by atoms with E-state index >= 15 is 0 Å². The smallest absolute Gasteiger partial charge is 0.240 e. The number of hydrogen-bond donors (Lipinski definition) is 2. The molecule has 10 heteroatoms. The van der Waals surface area contributed by atoms with Crippen LogP contribution in [0.3, 0.4) is 0 Å². The number of ether oxygens (including phenoxy) is 1. The van der Waals surface area contributed by atoms with Crippen molar-refractivity contribution in [2.75, 3.05) is 24.6 Å². The summed E-state index contributed by atoms with van der Waals surface area (Å²) in [6, 6.07) is 7.33. The predicted octanol–water partition coefficient (Wildman–Crippen LogP) is 1.85. The largest absolute Gasteiger partial charge is 0.376 e. The Morgan fingerprint density at radius 3 is 2.59 bits per heavy atom.